The largest absolute Gasteiger partial charge is 0.377 e. The quantitative estimate of drug-likeness (QED) is 0.784. The average molecular weight is 345 g/mol. The molecule has 1 aliphatic rings. The van der Waals surface area contributed by atoms with Crippen LogP contribution in [0, 0.1) is 0 Å². The highest BCUT2D eigenvalue weighted by Gasteiger charge is 2.18. The summed E-state index contributed by atoms with van der Waals surface area (Å²) in [6.45, 7) is 3.57. The van der Waals surface area contributed by atoms with Gasteiger partial charge in [0.1, 0.15) is 0 Å². The fraction of sp³-hybridized carbons (Fsp3) is 0.444. The van der Waals surface area contributed by atoms with Crippen LogP contribution >= 0.6 is 11.8 Å². The van der Waals surface area contributed by atoms with Crippen LogP contribution in [0.3, 0.4) is 0 Å². The van der Waals surface area contributed by atoms with Crippen molar-refractivity contribution in [3.05, 3.63) is 48.5 Å². The van der Waals surface area contributed by atoms with E-state index in [0.29, 0.717) is 12.6 Å². The number of imidazole rings is 1. The predicted molar refractivity (Wildman–Crippen MR) is 95.3 cm³/mol. The summed E-state index contributed by atoms with van der Waals surface area (Å²) in [4.78, 5) is 17.7. The Kier molecular flexibility index (Phi) is 5.93. The molecule has 2 heterocycles. The van der Waals surface area contributed by atoms with Gasteiger partial charge in [0, 0.05) is 42.2 Å². The summed E-state index contributed by atoms with van der Waals surface area (Å²) in [5, 5.41) is 3.07. The standard InChI is InChI=1S/C18H23N3O2S/c1-14(11-21-9-8-19-13-21)20-18(22)16-6-2-3-7-17(16)24-12-15-5-4-10-23-15/h2-3,6-9,13-15H,4-5,10-12H2,1H3,(H,20,22)/t14-,15+/m1/s1. The van der Waals surface area contributed by atoms with Crippen LogP contribution in [0.2, 0.25) is 0 Å². The zero-order chi connectivity index (χ0) is 16.8. The molecule has 3 rings (SSSR count). The lowest BCUT2D eigenvalue weighted by molar-refractivity contribution is 0.0933. The molecule has 1 aromatic heterocycles. The van der Waals surface area contributed by atoms with E-state index in [9.17, 15) is 4.79 Å². The SMILES string of the molecule is C[C@H](Cn1ccnc1)NC(=O)c1ccccc1SC[C@@H]1CCCO1. The topological polar surface area (TPSA) is 56.2 Å². The third-order valence-electron chi connectivity index (χ3n) is 4.00. The summed E-state index contributed by atoms with van der Waals surface area (Å²) < 4.78 is 7.63. The van der Waals surface area contributed by atoms with Crippen molar-refractivity contribution in [2.24, 2.45) is 0 Å². The van der Waals surface area contributed by atoms with Crippen LogP contribution in [0.5, 0.6) is 0 Å². The third-order valence-corrected chi connectivity index (χ3v) is 5.21. The highest BCUT2D eigenvalue weighted by Crippen LogP contribution is 2.26. The number of thioether (sulfide) groups is 1. The van der Waals surface area contributed by atoms with Gasteiger partial charge >= 0.3 is 0 Å². The Morgan fingerprint density at radius 1 is 1.50 bits per heavy atom. The summed E-state index contributed by atoms with van der Waals surface area (Å²) >= 11 is 1.70. The number of hydrogen-bond acceptors (Lipinski definition) is 4. The van der Waals surface area contributed by atoms with E-state index in [2.05, 4.69) is 10.3 Å². The number of ether oxygens (including phenoxy) is 1. The van der Waals surface area contributed by atoms with Crippen LogP contribution in [-0.2, 0) is 11.3 Å². The highest BCUT2D eigenvalue weighted by atomic mass is 32.2. The molecule has 1 saturated heterocycles. The maximum Gasteiger partial charge on any atom is 0.252 e. The van der Waals surface area contributed by atoms with E-state index in [0.717, 1.165) is 35.7 Å². The second-order valence-corrected chi connectivity index (χ2v) is 7.14. The van der Waals surface area contributed by atoms with Crippen molar-refractivity contribution in [2.75, 3.05) is 12.4 Å². The van der Waals surface area contributed by atoms with Crippen molar-refractivity contribution in [1.82, 2.24) is 14.9 Å². The smallest absolute Gasteiger partial charge is 0.252 e. The van der Waals surface area contributed by atoms with E-state index >= 15 is 0 Å². The van der Waals surface area contributed by atoms with Gasteiger partial charge < -0.3 is 14.6 Å². The van der Waals surface area contributed by atoms with E-state index in [-0.39, 0.29) is 11.9 Å². The van der Waals surface area contributed by atoms with Gasteiger partial charge in [0.25, 0.3) is 5.91 Å². The number of nitrogens with zero attached hydrogens (tertiary/aromatic N) is 2. The van der Waals surface area contributed by atoms with Gasteiger partial charge in [-0.15, -0.1) is 11.8 Å². The van der Waals surface area contributed by atoms with E-state index in [4.69, 9.17) is 4.74 Å². The number of nitrogens with one attached hydrogen (secondary N) is 1. The molecule has 0 spiro atoms. The van der Waals surface area contributed by atoms with Gasteiger partial charge in [-0.2, -0.15) is 0 Å². The maximum atomic E-state index is 12.6. The number of benzene rings is 1. The maximum absolute atomic E-state index is 12.6. The lowest BCUT2D eigenvalue weighted by atomic mass is 10.2. The molecule has 128 valence electrons. The molecule has 0 aliphatic carbocycles. The molecule has 2 atom stereocenters. The van der Waals surface area contributed by atoms with Crippen molar-refractivity contribution in [1.29, 1.82) is 0 Å². The Labute approximate surface area is 146 Å². The summed E-state index contributed by atoms with van der Waals surface area (Å²) in [7, 11) is 0. The monoisotopic (exact) mass is 345 g/mol. The molecule has 1 aromatic carbocycles. The van der Waals surface area contributed by atoms with Crippen LogP contribution in [0.1, 0.15) is 30.1 Å². The highest BCUT2D eigenvalue weighted by molar-refractivity contribution is 7.99. The van der Waals surface area contributed by atoms with E-state index in [1.807, 2.05) is 42.0 Å². The summed E-state index contributed by atoms with van der Waals surface area (Å²) in [5.41, 5.74) is 0.734. The normalized spacial score (nSPS) is 18.5. The number of amides is 1. The van der Waals surface area contributed by atoms with Crippen molar-refractivity contribution in [3.8, 4) is 0 Å². The number of carbonyl (C=O) groups excluding carboxylic acids is 1. The van der Waals surface area contributed by atoms with Gasteiger partial charge in [0.05, 0.1) is 18.0 Å². The van der Waals surface area contributed by atoms with E-state index in [1.165, 1.54) is 0 Å². The van der Waals surface area contributed by atoms with Crippen molar-refractivity contribution < 1.29 is 9.53 Å². The fourth-order valence-corrected chi connectivity index (χ4v) is 3.92. The van der Waals surface area contributed by atoms with Gasteiger partial charge in [-0.3, -0.25) is 4.79 Å². The van der Waals surface area contributed by atoms with E-state index < -0.39 is 0 Å². The molecule has 1 amide bonds. The van der Waals surface area contributed by atoms with Gasteiger partial charge in [0.2, 0.25) is 0 Å². The Balaban J connectivity index is 1.59. The van der Waals surface area contributed by atoms with Gasteiger partial charge in [0.15, 0.2) is 0 Å². The molecule has 2 aromatic rings. The van der Waals surface area contributed by atoms with Crippen LogP contribution in [-0.4, -0.2) is 40.0 Å². The molecule has 1 aliphatic heterocycles. The molecule has 0 saturated carbocycles. The van der Waals surface area contributed by atoms with Crippen molar-refractivity contribution >= 4 is 17.7 Å². The van der Waals surface area contributed by atoms with Crippen LogP contribution in [0.15, 0.2) is 47.9 Å². The molecule has 1 N–H and O–H groups in total. The number of aromatic nitrogens is 2. The Morgan fingerprint density at radius 3 is 3.12 bits per heavy atom. The van der Waals surface area contributed by atoms with Crippen molar-refractivity contribution in [2.45, 2.75) is 43.4 Å². The first-order valence-electron chi connectivity index (χ1n) is 8.32. The minimum Gasteiger partial charge on any atom is -0.377 e. The minimum absolute atomic E-state index is 0.0296. The first-order valence-corrected chi connectivity index (χ1v) is 9.31. The number of carbonyl (C=O) groups is 1. The molecule has 0 bridgehead atoms. The Morgan fingerprint density at radius 2 is 2.38 bits per heavy atom. The fourth-order valence-electron chi connectivity index (χ4n) is 2.80. The summed E-state index contributed by atoms with van der Waals surface area (Å²) in [5.74, 6) is 0.868. The second-order valence-electron chi connectivity index (χ2n) is 6.08. The zero-order valence-corrected chi connectivity index (χ0v) is 14.7. The van der Waals surface area contributed by atoms with Gasteiger partial charge in [-0.05, 0) is 31.9 Å². The molecular formula is C18H23N3O2S. The van der Waals surface area contributed by atoms with Gasteiger partial charge in [-0.25, -0.2) is 4.98 Å². The van der Waals surface area contributed by atoms with E-state index in [1.54, 1.807) is 24.3 Å². The summed E-state index contributed by atoms with van der Waals surface area (Å²) in [6.07, 6.45) is 7.96. The summed E-state index contributed by atoms with van der Waals surface area (Å²) in [6, 6.07) is 7.81. The number of rotatable bonds is 7. The first kappa shape index (κ1) is 17.0. The lowest BCUT2D eigenvalue weighted by Gasteiger charge is -2.16. The average Bonchev–Trinajstić information content (AvgIpc) is 3.26. The Bertz CT molecular complexity index is 654. The predicted octanol–water partition coefficient (Wildman–Crippen LogP) is 2.97. The molecule has 1 fully saturated rings. The first-order chi connectivity index (χ1) is 11.7. The second kappa shape index (κ2) is 8.35. The molecule has 0 radical (unpaired) electrons. The molecule has 0 unspecified atom stereocenters. The van der Waals surface area contributed by atoms with Gasteiger partial charge in [-0.1, -0.05) is 12.1 Å². The number of hydrogen-bond donors (Lipinski definition) is 1. The molecule has 6 heteroatoms. The third kappa shape index (κ3) is 4.61. The molecule has 24 heavy (non-hydrogen) atoms. The lowest BCUT2D eigenvalue weighted by Crippen LogP contribution is -2.35. The zero-order valence-electron chi connectivity index (χ0n) is 13.9. The van der Waals surface area contributed by atoms with Crippen LogP contribution < -0.4 is 5.32 Å². The van der Waals surface area contributed by atoms with Crippen molar-refractivity contribution in [3.63, 3.8) is 0 Å². The Hall–Kier alpha value is -1.79. The minimum atomic E-state index is -0.0296. The van der Waals surface area contributed by atoms with Crippen LogP contribution in [0.25, 0.3) is 0 Å². The molecular weight excluding hydrogens is 322 g/mol. The molecule has 5 nitrogen and oxygen atoms in total. The van der Waals surface area contributed by atoms with Crippen LogP contribution in [0.4, 0.5) is 0 Å².